The minimum absolute atomic E-state index is 0.178. The Labute approximate surface area is 131 Å². The average Bonchev–Trinajstić information content (AvgIpc) is 2.80. The summed E-state index contributed by atoms with van der Waals surface area (Å²) in [5.74, 6) is -1.89. The van der Waals surface area contributed by atoms with E-state index in [1.165, 1.54) is 10.9 Å². The van der Waals surface area contributed by atoms with Crippen LogP contribution < -0.4 is 4.90 Å². The molecule has 0 saturated carbocycles. The summed E-state index contributed by atoms with van der Waals surface area (Å²) >= 11 is 6.11. The summed E-state index contributed by atoms with van der Waals surface area (Å²) in [6.07, 6.45) is 3.20. The second kappa shape index (κ2) is 5.83. The maximum absolute atomic E-state index is 14.0. The molecule has 0 N–H and O–H groups in total. The van der Waals surface area contributed by atoms with Crippen molar-refractivity contribution in [2.75, 3.05) is 18.0 Å². The van der Waals surface area contributed by atoms with Crippen LogP contribution in [0.3, 0.4) is 0 Å². The number of rotatable bonds is 2. The SMILES string of the molecule is CC1CCN(c2c(Cl)ncn2-c2c(F)cc(F)cc2F)CC1. The smallest absolute Gasteiger partial charge is 0.171 e. The van der Waals surface area contributed by atoms with E-state index in [2.05, 4.69) is 11.9 Å². The topological polar surface area (TPSA) is 21.1 Å². The summed E-state index contributed by atoms with van der Waals surface area (Å²) in [6, 6.07) is 1.29. The molecule has 0 radical (unpaired) electrons. The van der Waals surface area contributed by atoms with Crippen molar-refractivity contribution in [2.24, 2.45) is 5.92 Å². The van der Waals surface area contributed by atoms with Gasteiger partial charge in [0.25, 0.3) is 0 Å². The number of hydrogen-bond donors (Lipinski definition) is 0. The quantitative estimate of drug-likeness (QED) is 0.824. The van der Waals surface area contributed by atoms with Crippen LogP contribution >= 0.6 is 11.6 Å². The fourth-order valence-electron chi connectivity index (χ4n) is 2.75. The first-order valence-corrected chi connectivity index (χ1v) is 7.48. The molecule has 3 rings (SSSR count). The molecular formula is C15H15ClF3N3. The molecule has 1 aromatic carbocycles. The number of imidazole rings is 1. The van der Waals surface area contributed by atoms with Gasteiger partial charge >= 0.3 is 0 Å². The van der Waals surface area contributed by atoms with Crippen LogP contribution in [-0.2, 0) is 0 Å². The highest BCUT2D eigenvalue weighted by Gasteiger charge is 2.25. The third-order valence-electron chi connectivity index (χ3n) is 4.00. The predicted octanol–water partition coefficient (Wildman–Crippen LogP) is 4.18. The minimum Gasteiger partial charge on any atom is -0.355 e. The normalized spacial score (nSPS) is 16.3. The zero-order valence-electron chi connectivity index (χ0n) is 12.0. The van der Waals surface area contributed by atoms with Crippen molar-refractivity contribution in [1.29, 1.82) is 0 Å². The molecule has 0 amide bonds. The number of anilines is 1. The molecule has 1 aromatic heterocycles. The highest BCUT2D eigenvalue weighted by Crippen LogP contribution is 2.33. The molecule has 1 saturated heterocycles. The van der Waals surface area contributed by atoms with Crippen molar-refractivity contribution >= 4 is 17.4 Å². The van der Waals surface area contributed by atoms with Gasteiger partial charge in [-0.3, -0.25) is 4.57 Å². The van der Waals surface area contributed by atoms with E-state index in [4.69, 9.17) is 11.6 Å². The Balaban J connectivity index is 2.06. The Hall–Kier alpha value is -1.69. The van der Waals surface area contributed by atoms with E-state index in [1.807, 2.05) is 4.90 Å². The third-order valence-corrected chi connectivity index (χ3v) is 4.27. The summed E-state index contributed by atoms with van der Waals surface area (Å²) in [5, 5.41) is 0.178. The van der Waals surface area contributed by atoms with Crippen LogP contribution in [-0.4, -0.2) is 22.6 Å². The molecule has 2 heterocycles. The maximum atomic E-state index is 14.0. The van der Waals surface area contributed by atoms with Gasteiger partial charge in [0.15, 0.2) is 22.6 Å². The molecule has 0 atom stereocenters. The van der Waals surface area contributed by atoms with Gasteiger partial charge in [0, 0.05) is 25.2 Å². The van der Waals surface area contributed by atoms with Gasteiger partial charge in [-0.2, -0.15) is 0 Å². The van der Waals surface area contributed by atoms with E-state index in [9.17, 15) is 13.2 Å². The highest BCUT2D eigenvalue weighted by atomic mass is 35.5. The third kappa shape index (κ3) is 2.67. The highest BCUT2D eigenvalue weighted by molar-refractivity contribution is 6.31. The van der Waals surface area contributed by atoms with Crippen molar-refractivity contribution in [3.63, 3.8) is 0 Å². The number of benzene rings is 1. The summed E-state index contributed by atoms with van der Waals surface area (Å²) < 4.78 is 42.4. The van der Waals surface area contributed by atoms with Gasteiger partial charge < -0.3 is 4.90 Å². The van der Waals surface area contributed by atoms with E-state index in [1.54, 1.807) is 0 Å². The number of hydrogen-bond acceptors (Lipinski definition) is 2. The van der Waals surface area contributed by atoms with Crippen LogP contribution in [0.4, 0.5) is 19.0 Å². The van der Waals surface area contributed by atoms with Gasteiger partial charge in [0.2, 0.25) is 0 Å². The van der Waals surface area contributed by atoms with Crippen LogP contribution in [0, 0.1) is 23.4 Å². The molecule has 1 fully saturated rings. The molecule has 0 bridgehead atoms. The van der Waals surface area contributed by atoms with Crippen LogP contribution in [0.2, 0.25) is 5.15 Å². The van der Waals surface area contributed by atoms with Gasteiger partial charge in [-0.15, -0.1) is 0 Å². The molecule has 0 unspecified atom stereocenters. The summed E-state index contributed by atoms with van der Waals surface area (Å²) in [6.45, 7) is 3.63. The molecule has 0 aliphatic carbocycles. The van der Waals surface area contributed by atoms with E-state index in [0.29, 0.717) is 23.9 Å². The molecule has 118 valence electrons. The Kier molecular flexibility index (Phi) is 4.04. The largest absolute Gasteiger partial charge is 0.355 e. The molecule has 3 nitrogen and oxygen atoms in total. The molecule has 1 aliphatic heterocycles. The van der Waals surface area contributed by atoms with E-state index < -0.39 is 17.5 Å². The monoisotopic (exact) mass is 329 g/mol. The number of piperidine rings is 1. The summed E-state index contributed by atoms with van der Waals surface area (Å²) in [4.78, 5) is 5.91. The average molecular weight is 330 g/mol. The van der Waals surface area contributed by atoms with Gasteiger partial charge in [-0.05, 0) is 18.8 Å². The molecule has 1 aliphatic rings. The van der Waals surface area contributed by atoms with Crippen LogP contribution in [0.15, 0.2) is 18.5 Å². The Morgan fingerprint density at radius 1 is 1.14 bits per heavy atom. The van der Waals surface area contributed by atoms with Crippen molar-refractivity contribution in [3.05, 3.63) is 41.1 Å². The van der Waals surface area contributed by atoms with Gasteiger partial charge in [0.1, 0.15) is 17.8 Å². The molecule has 7 heteroatoms. The lowest BCUT2D eigenvalue weighted by atomic mass is 9.99. The lowest BCUT2D eigenvalue weighted by molar-refractivity contribution is 0.435. The molecule has 2 aromatic rings. The number of aromatic nitrogens is 2. The van der Waals surface area contributed by atoms with Crippen LogP contribution in [0.1, 0.15) is 19.8 Å². The Morgan fingerprint density at radius 3 is 2.32 bits per heavy atom. The van der Waals surface area contributed by atoms with Gasteiger partial charge in [-0.1, -0.05) is 18.5 Å². The number of nitrogens with zero attached hydrogens (tertiary/aromatic N) is 3. The minimum atomic E-state index is -0.988. The maximum Gasteiger partial charge on any atom is 0.171 e. The zero-order valence-corrected chi connectivity index (χ0v) is 12.7. The van der Waals surface area contributed by atoms with E-state index in [0.717, 1.165) is 25.9 Å². The van der Waals surface area contributed by atoms with E-state index >= 15 is 0 Å². The second-order valence-electron chi connectivity index (χ2n) is 5.62. The molecular weight excluding hydrogens is 315 g/mol. The van der Waals surface area contributed by atoms with Crippen molar-refractivity contribution in [2.45, 2.75) is 19.8 Å². The lowest BCUT2D eigenvalue weighted by Gasteiger charge is -2.32. The van der Waals surface area contributed by atoms with Crippen molar-refractivity contribution in [3.8, 4) is 5.69 Å². The van der Waals surface area contributed by atoms with Gasteiger partial charge in [-0.25, -0.2) is 18.2 Å². The first-order valence-electron chi connectivity index (χ1n) is 7.10. The van der Waals surface area contributed by atoms with Gasteiger partial charge in [0.05, 0.1) is 0 Å². The Bertz CT molecular complexity index is 670. The van der Waals surface area contributed by atoms with Crippen LogP contribution in [0.5, 0.6) is 0 Å². The summed E-state index contributed by atoms with van der Waals surface area (Å²) in [5.41, 5.74) is -0.366. The standard InChI is InChI=1S/C15H15ClF3N3/c1-9-2-4-21(5-3-9)15-14(16)20-8-22(15)13-11(18)6-10(17)7-12(13)19/h6-9H,2-5H2,1H3. The fourth-order valence-corrected chi connectivity index (χ4v) is 3.01. The van der Waals surface area contributed by atoms with Crippen molar-refractivity contribution < 1.29 is 13.2 Å². The molecule has 22 heavy (non-hydrogen) atoms. The lowest BCUT2D eigenvalue weighted by Crippen LogP contribution is -2.34. The first-order chi connectivity index (χ1) is 10.5. The molecule has 0 spiro atoms. The van der Waals surface area contributed by atoms with Crippen molar-refractivity contribution in [1.82, 2.24) is 9.55 Å². The predicted molar refractivity (Wildman–Crippen MR) is 79.1 cm³/mol. The fraction of sp³-hybridized carbons (Fsp3) is 0.400. The first kappa shape index (κ1) is 15.2. The van der Waals surface area contributed by atoms with E-state index in [-0.39, 0.29) is 10.8 Å². The zero-order chi connectivity index (χ0) is 15.9. The number of halogens is 4. The summed E-state index contributed by atoms with van der Waals surface area (Å²) in [7, 11) is 0. The van der Waals surface area contributed by atoms with Crippen LogP contribution in [0.25, 0.3) is 5.69 Å². The second-order valence-corrected chi connectivity index (χ2v) is 5.97. The Morgan fingerprint density at radius 2 is 1.73 bits per heavy atom.